The smallest absolute Gasteiger partial charge is 0.305 e. The van der Waals surface area contributed by atoms with Crippen LogP contribution in [0.3, 0.4) is 0 Å². The Bertz CT molecular complexity index is 429. The fourth-order valence-corrected chi connectivity index (χ4v) is 1.75. The number of carbonyl (C=O) groups excluding carboxylic acids is 1. The first-order valence-corrected chi connectivity index (χ1v) is 5.85. The van der Waals surface area contributed by atoms with Gasteiger partial charge in [-0.15, -0.1) is 0 Å². The Morgan fingerprint density at radius 1 is 1.32 bits per heavy atom. The number of hydrogen-bond acceptors (Lipinski definition) is 4. The molecule has 0 saturated carbocycles. The molecule has 0 fully saturated rings. The molecule has 0 saturated heterocycles. The van der Waals surface area contributed by atoms with Gasteiger partial charge in [0.2, 0.25) is 0 Å². The van der Waals surface area contributed by atoms with E-state index in [1.807, 2.05) is 0 Å². The lowest BCUT2D eigenvalue weighted by Crippen LogP contribution is -2.15. The second-order valence-corrected chi connectivity index (χ2v) is 4.08. The third-order valence-corrected chi connectivity index (χ3v) is 2.78. The number of esters is 1. The third kappa shape index (κ3) is 4.17. The summed E-state index contributed by atoms with van der Waals surface area (Å²) in [6.07, 6.45) is 0.859. The molecule has 1 aromatic carbocycles. The lowest BCUT2D eigenvalue weighted by Gasteiger charge is -2.14. The SMILES string of the molecule is COC(=O)CCCC(N)c1c(F)cc(OC)cc1F. The molecule has 0 radical (unpaired) electrons. The van der Waals surface area contributed by atoms with Gasteiger partial charge in [-0.1, -0.05) is 0 Å². The highest BCUT2D eigenvalue weighted by Crippen LogP contribution is 2.27. The predicted molar refractivity (Wildman–Crippen MR) is 65.7 cm³/mol. The van der Waals surface area contributed by atoms with Crippen molar-refractivity contribution in [1.29, 1.82) is 0 Å². The van der Waals surface area contributed by atoms with Crippen LogP contribution < -0.4 is 10.5 Å². The zero-order chi connectivity index (χ0) is 14.4. The molecule has 0 amide bonds. The molecule has 4 nitrogen and oxygen atoms in total. The zero-order valence-corrected chi connectivity index (χ0v) is 10.9. The second-order valence-electron chi connectivity index (χ2n) is 4.08. The molecule has 0 aliphatic carbocycles. The average molecular weight is 273 g/mol. The third-order valence-electron chi connectivity index (χ3n) is 2.78. The van der Waals surface area contributed by atoms with Crippen molar-refractivity contribution < 1.29 is 23.0 Å². The Balaban J connectivity index is 2.71. The Hall–Kier alpha value is -1.69. The van der Waals surface area contributed by atoms with Crippen molar-refractivity contribution in [2.45, 2.75) is 25.3 Å². The first-order valence-electron chi connectivity index (χ1n) is 5.85. The number of methoxy groups -OCH3 is 2. The van der Waals surface area contributed by atoms with E-state index in [0.29, 0.717) is 6.42 Å². The van der Waals surface area contributed by atoms with Crippen molar-refractivity contribution in [3.05, 3.63) is 29.3 Å². The van der Waals surface area contributed by atoms with Crippen LogP contribution in [-0.2, 0) is 9.53 Å². The van der Waals surface area contributed by atoms with E-state index in [9.17, 15) is 13.6 Å². The lowest BCUT2D eigenvalue weighted by atomic mass is 10.0. The van der Waals surface area contributed by atoms with Crippen LogP contribution in [0, 0.1) is 11.6 Å². The normalized spacial score (nSPS) is 12.1. The van der Waals surface area contributed by atoms with Crippen LogP contribution in [-0.4, -0.2) is 20.2 Å². The predicted octanol–water partition coefficient (Wildman–Crippen LogP) is 2.32. The number of hydrogen-bond donors (Lipinski definition) is 1. The maximum atomic E-state index is 13.7. The zero-order valence-electron chi connectivity index (χ0n) is 10.9. The van der Waals surface area contributed by atoms with Crippen LogP contribution in [0.2, 0.25) is 0 Å². The van der Waals surface area contributed by atoms with Crippen molar-refractivity contribution in [3.63, 3.8) is 0 Å². The molecule has 2 N–H and O–H groups in total. The molecule has 1 unspecified atom stereocenters. The summed E-state index contributed by atoms with van der Waals surface area (Å²) < 4.78 is 36.6. The van der Waals surface area contributed by atoms with Gasteiger partial charge in [0, 0.05) is 30.2 Å². The number of ether oxygens (including phenoxy) is 2. The molecular formula is C13H17F2NO3. The van der Waals surface area contributed by atoms with Gasteiger partial charge in [0.15, 0.2) is 0 Å². The first-order chi connectivity index (χ1) is 8.99. The van der Waals surface area contributed by atoms with Gasteiger partial charge >= 0.3 is 5.97 Å². The molecule has 0 aliphatic rings. The molecule has 1 rings (SSSR count). The van der Waals surface area contributed by atoms with Gasteiger partial charge in [-0.2, -0.15) is 0 Å². The summed E-state index contributed by atoms with van der Waals surface area (Å²) in [5.41, 5.74) is 5.55. The molecule has 0 bridgehead atoms. The Morgan fingerprint density at radius 2 is 1.89 bits per heavy atom. The van der Waals surface area contributed by atoms with Crippen LogP contribution in [0.5, 0.6) is 5.75 Å². The standard InChI is InChI=1S/C13H17F2NO3/c1-18-8-6-9(14)13(10(15)7-8)11(16)4-3-5-12(17)19-2/h6-7,11H,3-5,16H2,1-2H3. The maximum Gasteiger partial charge on any atom is 0.305 e. The highest BCUT2D eigenvalue weighted by atomic mass is 19.1. The fraction of sp³-hybridized carbons (Fsp3) is 0.462. The van der Waals surface area contributed by atoms with E-state index >= 15 is 0 Å². The van der Waals surface area contributed by atoms with Crippen molar-refractivity contribution >= 4 is 5.97 Å². The molecule has 19 heavy (non-hydrogen) atoms. The van der Waals surface area contributed by atoms with Gasteiger partial charge in [0.05, 0.1) is 14.2 Å². The summed E-state index contributed by atoms with van der Waals surface area (Å²) in [5.74, 6) is -1.77. The minimum Gasteiger partial charge on any atom is -0.497 e. The van der Waals surface area contributed by atoms with Crippen LogP contribution >= 0.6 is 0 Å². The van der Waals surface area contributed by atoms with E-state index in [2.05, 4.69) is 4.74 Å². The summed E-state index contributed by atoms with van der Waals surface area (Å²) in [6, 6.07) is 1.35. The lowest BCUT2D eigenvalue weighted by molar-refractivity contribution is -0.140. The van der Waals surface area contributed by atoms with E-state index < -0.39 is 17.7 Å². The van der Waals surface area contributed by atoms with Crippen LogP contribution in [0.4, 0.5) is 8.78 Å². The number of benzene rings is 1. The van der Waals surface area contributed by atoms with Gasteiger partial charge < -0.3 is 15.2 Å². The first kappa shape index (κ1) is 15.4. The molecule has 0 aromatic heterocycles. The molecule has 6 heteroatoms. The molecule has 1 atom stereocenters. The summed E-state index contributed by atoms with van der Waals surface area (Å²) in [5, 5.41) is 0. The molecule has 106 valence electrons. The summed E-state index contributed by atoms with van der Waals surface area (Å²) in [7, 11) is 2.61. The topological polar surface area (TPSA) is 61.5 Å². The molecule has 1 aromatic rings. The van der Waals surface area contributed by atoms with Crippen molar-refractivity contribution in [1.82, 2.24) is 0 Å². The maximum absolute atomic E-state index is 13.7. The summed E-state index contributed by atoms with van der Waals surface area (Å²) >= 11 is 0. The monoisotopic (exact) mass is 273 g/mol. The van der Waals surface area contributed by atoms with Crippen molar-refractivity contribution in [2.75, 3.05) is 14.2 Å². The van der Waals surface area contributed by atoms with E-state index in [0.717, 1.165) is 12.1 Å². The summed E-state index contributed by atoms with van der Waals surface area (Å²) in [6.45, 7) is 0. The van der Waals surface area contributed by atoms with Gasteiger partial charge in [0.25, 0.3) is 0 Å². The Kier molecular flexibility index (Phi) is 5.69. The largest absolute Gasteiger partial charge is 0.497 e. The van der Waals surface area contributed by atoms with E-state index in [1.54, 1.807) is 0 Å². The van der Waals surface area contributed by atoms with Gasteiger partial charge in [-0.3, -0.25) is 4.79 Å². The highest BCUT2D eigenvalue weighted by molar-refractivity contribution is 5.69. The van der Waals surface area contributed by atoms with Crippen LogP contribution in [0.15, 0.2) is 12.1 Å². The second kappa shape index (κ2) is 7.04. The fourth-order valence-electron chi connectivity index (χ4n) is 1.75. The number of rotatable bonds is 6. The van der Waals surface area contributed by atoms with Gasteiger partial charge in [-0.25, -0.2) is 8.78 Å². The minimum absolute atomic E-state index is 0.0977. The Morgan fingerprint density at radius 3 is 2.37 bits per heavy atom. The molecule has 0 heterocycles. The van der Waals surface area contributed by atoms with Crippen molar-refractivity contribution in [2.24, 2.45) is 5.73 Å². The average Bonchev–Trinajstić information content (AvgIpc) is 2.37. The van der Waals surface area contributed by atoms with E-state index in [1.165, 1.54) is 14.2 Å². The quantitative estimate of drug-likeness (QED) is 0.808. The Labute approximate surface area is 110 Å². The number of nitrogens with two attached hydrogens (primary N) is 1. The summed E-state index contributed by atoms with van der Waals surface area (Å²) in [4.78, 5) is 10.9. The molecule has 0 aliphatic heterocycles. The van der Waals surface area contributed by atoms with E-state index in [-0.39, 0.29) is 30.1 Å². The van der Waals surface area contributed by atoms with Crippen molar-refractivity contribution in [3.8, 4) is 5.75 Å². The van der Waals surface area contributed by atoms with Crippen LogP contribution in [0.1, 0.15) is 30.9 Å². The molecular weight excluding hydrogens is 256 g/mol. The minimum atomic E-state index is -0.810. The highest BCUT2D eigenvalue weighted by Gasteiger charge is 2.18. The van der Waals surface area contributed by atoms with E-state index in [4.69, 9.17) is 10.5 Å². The number of halogens is 2. The van der Waals surface area contributed by atoms with Crippen LogP contribution in [0.25, 0.3) is 0 Å². The number of carbonyl (C=O) groups is 1. The van der Waals surface area contributed by atoms with Gasteiger partial charge in [-0.05, 0) is 12.8 Å². The molecule has 0 spiro atoms. The van der Waals surface area contributed by atoms with Gasteiger partial charge in [0.1, 0.15) is 17.4 Å².